The third-order valence-corrected chi connectivity index (χ3v) is 2.76. The van der Waals surface area contributed by atoms with Gasteiger partial charge < -0.3 is 9.73 Å². The van der Waals surface area contributed by atoms with Crippen LogP contribution in [0.4, 0.5) is 0 Å². The Labute approximate surface area is 116 Å². The third kappa shape index (κ3) is 3.57. The molecule has 0 radical (unpaired) electrons. The van der Waals surface area contributed by atoms with Crippen molar-refractivity contribution in [2.45, 2.75) is 26.3 Å². The molecule has 2 heterocycles. The van der Waals surface area contributed by atoms with E-state index in [2.05, 4.69) is 10.4 Å². The second-order valence-electron chi connectivity index (χ2n) is 4.36. The van der Waals surface area contributed by atoms with Crippen molar-refractivity contribution in [2.75, 3.05) is 6.54 Å². The fourth-order valence-corrected chi connectivity index (χ4v) is 1.78. The summed E-state index contributed by atoms with van der Waals surface area (Å²) in [6.45, 7) is 2.66. The quantitative estimate of drug-likeness (QED) is 0.865. The lowest BCUT2D eigenvalue weighted by molar-refractivity contribution is -0.121. The van der Waals surface area contributed by atoms with Crippen LogP contribution < -0.4 is 10.9 Å². The molecule has 0 fully saturated rings. The minimum Gasteiger partial charge on any atom is -0.463 e. The number of aromatic nitrogens is 2. The average Bonchev–Trinajstić information content (AvgIpc) is 2.95. The van der Waals surface area contributed by atoms with Crippen LogP contribution in [0.5, 0.6) is 0 Å². The zero-order valence-corrected chi connectivity index (χ0v) is 11.3. The van der Waals surface area contributed by atoms with Crippen molar-refractivity contribution in [3.8, 4) is 11.5 Å². The standard InChI is InChI=1S/C14H17N3O3/c1-2-4-13(18)15-8-9-17-14(19)7-6-11(16-17)12-5-3-10-20-12/h3,5-7,10H,2,4,8-9H2,1H3,(H,15,18). The summed E-state index contributed by atoms with van der Waals surface area (Å²) < 4.78 is 6.56. The van der Waals surface area contributed by atoms with Crippen LogP contribution in [-0.2, 0) is 11.3 Å². The topological polar surface area (TPSA) is 77.1 Å². The van der Waals surface area contributed by atoms with Crippen molar-refractivity contribution in [3.63, 3.8) is 0 Å². The lowest BCUT2D eigenvalue weighted by Gasteiger charge is -2.07. The number of hydrogen-bond donors (Lipinski definition) is 1. The van der Waals surface area contributed by atoms with E-state index in [1.165, 1.54) is 10.7 Å². The lowest BCUT2D eigenvalue weighted by Crippen LogP contribution is -2.31. The Balaban J connectivity index is 2.02. The zero-order chi connectivity index (χ0) is 14.4. The lowest BCUT2D eigenvalue weighted by atomic mass is 10.3. The maximum Gasteiger partial charge on any atom is 0.266 e. The highest BCUT2D eigenvalue weighted by atomic mass is 16.3. The van der Waals surface area contributed by atoms with Gasteiger partial charge in [0.05, 0.1) is 12.8 Å². The molecule has 0 saturated carbocycles. The number of nitrogens with one attached hydrogen (secondary N) is 1. The van der Waals surface area contributed by atoms with E-state index >= 15 is 0 Å². The van der Waals surface area contributed by atoms with Crippen molar-refractivity contribution in [1.82, 2.24) is 15.1 Å². The molecule has 0 bridgehead atoms. The van der Waals surface area contributed by atoms with E-state index in [4.69, 9.17) is 4.42 Å². The number of rotatable bonds is 6. The van der Waals surface area contributed by atoms with E-state index in [-0.39, 0.29) is 11.5 Å². The third-order valence-electron chi connectivity index (χ3n) is 2.76. The first-order valence-electron chi connectivity index (χ1n) is 6.59. The van der Waals surface area contributed by atoms with Crippen LogP contribution in [0.25, 0.3) is 11.5 Å². The Bertz CT molecular complexity index is 617. The summed E-state index contributed by atoms with van der Waals surface area (Å²) in [5, 5.41) is 6.97. The van der Waals surface area contributed by atoms with Gasteiger partial charge in [-0.1, -0.05) is 6.92 Å². The second kappa shape index (κ2) is 6.70. The van der Waals surface area contributed by atoms with Gasteiger partial charge in [-0.25, -0.2) is 4.68 Å². The summed E-state index contributed by atoms with van der Waals surface area (Å²) in [6, 6.07) is 6.60. The van der Waals surface area contributed by atoms with Gasteiger partial charge in [0.2, 0.25) is 5.91 Å². The van der Waals surface area contributed by atoms with Gasteiger partial charge in [0.1, 0.15) is 5.69 Å². The van der Waals surface area contributed by atoms with Crippen molar-refractivity contribution in [2.24, 2.45) is 0 Å². The van der Waals surface area contributed by atoms with Crippen LogP contribution in [-0.4, -0.2) is 22.2 Å². The molecule has 0 spiro atoms. The van der Waals surface area contributed by atoms with Crippen LogP contribution in [0, 0.1) is 0 Å². The number of hydrogen-bond acceptors (Lipinski definition) is 4. The average molecular weight is 275 g/mol. The largest absolute Gasteiger partial charge is 0.463 e. The number of nitrogens with zero attached hydrogens (tertiary/aromatic N) is 2. The molecule has 1 N–H and O–H groups in total. The van der Waals surface area contributed by atoms with Gasteiger partial charge in [0, 0.05) is 19.0 Å². The molecule has 0 aliphatic heterocycles. The van der Waals surface area contributed by atoms with E-state index in [0.717, 1.165) is 6.42 Å². The molecule has 0 aliphatic rings. The van der Waals surface area contributed by atoms with E-state index in [9.17, 15) is 9.59 Å². The summed E-state index contributed by atoms with van der Waals surface area (Å²) in [5.74, 6) is 0.594. The smallest absolute Gasteiger partial charge is 0.266 e. The molecule has 20 heavy (non-hydrogen) atoms. The Morgan fingerprint density at radius 3 is 2.95 bits per heavy atom. The molecule has 2 aromatic rings. The minimum absolute atomic E-state index is 0.0114. The molecular formula is C14H17N3O3. The number of carbonyl (C=O) groups excluding carboxylic acids is 1. The van der Waals surface area contributed by atoms with E-state index in [1.807, 2.05) is 6.92 Å². The first-order chi connectivity index (χ1) is 9.70. The monoisotopic (exact) mass is 275 g/mol. The Morgan fingerprint density at radius 1 is 1.40 bits per heavy atom. The van der Waals surface area contributed by atoms with Gasteiger partial charge >= 0.3 is 0 Å². The highest BCUT2D eigenvalue weighted by molar-refractivity contribution is 5.75. The number of furan rings is 1. The molecule has 2 rings (SSSR count). The van der Waals surface area contributed by atoms with Gasteiger partial charge in [-0.3, -0.25) is 9.59 Å². The van der Waals surface area contributed by atoms with E-state index in [0.29, 0.717) is 31.0 Å². The van der Waals surface area contributed by atoms with Gasteiger partial charge in [-0.2, -0.15) is 5.10 Å². The fourth-order valence-electron chi connectivity index (χ4n) is 1.78. The molecule has 2 aromatic heterocycles. The molecule has 0 aromatic carbocycles. The first kappa shape index (κ1) is 14.0. The van der Waals surface area contributed by atoms with Gasteiger partial charge in [-0.05, 0) is 24.6 Å². The van der Waals surface area contributed by atoms with Crippen LogP contribution >= 0.6 is 0 Å². The van der Waals surface area contributed by atoms with Crippen molar-refractivity contribution in [1.29, 1.82) is 0 Å². The summed E-state index contributed by atoms with van der Waals surface area (Å²) in [6.07, 6.45) is 2.85. The maximum absolute atomic E-state index is 11.7. The van der Waals surface area contributed by atoms with Gasteiger partial charge in [0.15, 0.2) is 5.76 Å². The Kier molecular flexibility index (Phi) is 4.70. The molecular weight excluding hydrogens is 258 g/mol. The number of carbonyl (C=O) groups is 1. The SMILES string of the molecule is CCCC(=O)NCCn1nc(-c2ccco2)ccc1=O. The molecule has 106 valence electrons. The molecule has 0 aliphatic carbocycles. The Morgan fingerprint density at radius 2 is 2.25 bits per heavy atom. The first-order valence-corrected chi connectivity index (χ1v) is 6.59. The maximum atomic E-state index is 11.7. The van der Waals surface area contributed by atoms with Gasteiger partial charge in [0.25, 0.3) is 5.56 Å². The fraction of sp³-hybridized carbons (Fsp3) is 0.357. The molecule has 0 atom stereocenters. The van der Waals surface area contributed by atoms with E-state index < -0.39 is 0 Å². The van der Waals surface area contributed by atoms with Crippen LogP contribution in [0.2, 0.25) is 0 Å². The normalized spacial score (nSPS) is 10.4. The van der Waals surface area contributed by atoms with E-state index in [1.54, 1.807) is 24.5 Å². The van der Waals surface area contributed by atoms with Crippen LogP contribution in [0.15, 0.2) is 39.7 Å². The summed E-state index contributed by atoms with van der Waals surface area (Å²) in [4.78, 5) is 23.0. The van der Waals surface area contributed by atoms with Gasteiger partial charge in [-0.15, -0.1) is 0 Å². The summed E-state index contributed by atoms with van der Waals surface area (Å²) in [7, 11) is 0. The predicted molar refractivity (Wildman–Crippen MR) is 74.1 cm³/mol. The highest BCUT2D eigenvalue weighted by Gasteiger charge is 2.06. The molecule has 0 saturated heterocycles. The molecule has 1 amide bonds. The molecule has 6 heteroatoms. The summed E-state index contributed by atoms with van der Waals surface area (Å²) >= 11 is 0. The zero-order valence-electron chi connectivity index (χ0n) is 11.3. The summed E-state index contributed by atoms with van der Waals surface area (Å²) in [5.41, 5.74) is 0.388. The van der Waals surface area contributed by atoms with Crippen molar-refractivity contribution in [3.05, 3.63) is 40.9 Å². The molecule has 6 nitrogen and oxygen atoms in total. The second-order valence-corrected chi connectivity index (χ2v) is 4.36. The Hall–Kier alpha value is -2.37. The predicted octanol–water partition coefficient (Wildman–Crippen LogP) is 1.42. The van der Waals surface area contributed by atoms with Crippen LogP contribution in [0.1, 0.15) is 19.8 Å². The molecule has 0 unspecified atom stereocenters. The number of amides is 1. The van der Waals surface area contributed by atoms with Crippen LogP contribution in [0.3, 0.4) is 0 Å². The van der Waals surface area contributed by atoms with Crippen molar-refractivity contribution >= 4 is 5.91 Å². The highest BCUT2D eigenvalue weighted by Crippen LogP contribution is 2.14. The van der Waals surface area contributed by atoms with Crippen molar-refractivity contribution < 1.29 is 9.21 Å². The minimum atomic E-state index is -0.204.